The number of piperazine rings is 1. The smallest absolute Gasteiger partial charge is 0.363 e. The molecule has 1 aromatic rings. The van der Waals surface area contributed by atoms with Crippen LogP contribution in [0, 0.1) is 0 Å². The number of nitrogens with one attached hydrogen (secondary N) is 1. The zero-order valence-corrected chi connectivity index (χ0v) is 18.5. The first-order valence-corrected chi connectivity index (χ1v) is 8.61. The van der Waals surface area contributed by atoms with E-state index in [2.05, 4.69) is 15.3 Å². The van der Waals surface area contributed by atoms with Crippen molar-refractivity contribution in [3.63, 3.8) is 0 Å². The highest BCUT2D eigenvalue weighted by molar-refractivity contribution is 14.0. The molecule has 6 nitrogen and oxygen atoms in total. The third-order valence-electron chi connectivity index (χ3n) is 4.57. The molecule has 0 amide bonds. The summed E-state index contributed by atoms with van der Waals surface area (Å²) in [6, 6.07) is 2.50. The first kappa shape index (κ1) is 23.7. The Balaban J connectivity index is 0.00000364. The molecule has 0 saturated carbocycles. The van der Waals surface area contributed by atoms with E-state index in [-0.39, 0.29) is 24.0 Å². The van der Waals surface area contributed by atoms with E-state index < -0.39 is 12.2 Å². The zero-order chi connectivity index (χ0) is 19.3. The van der Waals surface area contributed by atoms with Gasteiger partial charge in [-0.1, -0.05) is 0 Å². The van der Waals surface area contributed by atoms with Crippen LogP contribution in [-0.2, 0) is 6.54 Å². The van der Waals surface area contributed by atoms with Gasteiger partial charge in [0.15, 0.2) is 5.96 Å². The van der Waals surface area contributed by atoms with Gasteiger partial charge in [-0.25, -0.2) is 4.98 Å². The predicted octanol–water partition coefficient (Wildman–Crippen LogP) is 2.41. The molecule has 0 bridgehead atoms. The average molecular weight is 500 g/mol. The van der Waals surface area contributed by atoms with Crippen molar-refractivity contribution < 1.29 is 13.2 Å². The summed E-state index contributed by atoms with van der Waals surface area (Å²) in [6.45, 7) is 3.55. The number of anilines is 1. The molecule has 10 heteroatoms. The standard InChI is InChI=1S/C17H27F3N6.HI/c1-13(17(18,19)20)25-7-9-26(10-8-25)16(21-2)23-12-14-5-6-22-15(11-14)24(3)4;/h5-6,11,13H,7-10,12H2,1-4H3,(H,21,23);1H. The van der Waals surface area contributed by atoms with Gasteiger partial charge in [-0.15, -0.1) is 24.0 Å². The summed E-state index contributed by atoms with van der Waals surface area (Å²) in [4.78, 5) is 13.9. The highest BCUT2D eigenvalue weighted by Gasteiger charge is 2.41. The fourth-order valence-electron chi connectivity index (χ4n) is 2.86. The van der Waals surface area contributed by atoms with Gasteiger partial charge in [0.1, 0.15) is 11.9 Å². The van der Waals surface area contributed by atoms with Gasteiger partial charge in [0, 0.05) is 60.1 Å². The van der Waals surface area contributed by atoms with E-state index in [0.717, 1.165) is 11.4 Å². The minimum Gasteiger partial charge on any atom is -0.363 e. The monoisotopic (exact) mass is 500 g/mol. The first-order chi connectivity index (χ1) is 12.2. The minimum absolute atomic E-state index is 0. The molecule has 1 atom stereocenters. The van der Waals surface area contributed by atoms with Gasteiger partial charge in [-0.05, 0) is 24.6 Å². The number of rotatable bonds is 4. The number of nitrogens with zero attached hydrogens (tertiary/aromatic N) is 5. The van der Waals surface area contributed by atoms with Crippen LogP contribution in [0.15, 0.2) is 23.3 Å². The summed E-state index contributed by atoms with van der Waals surface area (Å²) >= 11 is 0. The Hall–Kier alpha value is -1.30. The summed E-state index contributed by atoms with van der Waals surface area (Å²) in [5, 5.41) is 3.28. The lowest BCUT2D eigenvalue weighted by atomic mass is 10.2. The molecular weight excluding hydrogens is 472 g/mol. The topological polar surface area (TPSA) is 47.0 Å². The van der Waals surface area contributed by atoms with Crippen LogP contribution in [0.3, 0.4) is 0 Å². The zero-order valence-electron chi connectivity index (χ0n) is 16.1. The van der Waals surface area contributed by atoms with Gasteiger partial charge < -0.3 is 15.1 Å². The van der Waals surface area contributed by atoms with E-state index >= 15 is 0 Å². The van der Waals surface area contributed by atoms with E-state index in [1.54, 1.807) is 13.2 Å². The molecule has 2 heterocycles. The molecule has 1 N–H and O–H groups in total. The molecule has 1 fully saturated rings. The molecule has 1 unspecified atom stereocenters. The Morgan fingerprint density at radius 3 is 2.44 bits per heavy atom. The number of hydrogen-bond acceptors (Lipinski definition) is 4. The average Bonchev–Trinajstić information content (AvgIpc) is 2.61. The van der Waals surface area contributed by atoms with Crippen molar-refractivity contribution in [2.75, 3.05) is 52.2 Å². The lowest BCUT2D eigenvalue weighted by molar-refractivity contribution is -0.181. The maximum absolute atomic E-state index is 12.9. The van der Waals surface area contributed by atoms with Crippen LogP contribution in [0.5, 0.6) is 0 Å². The second-order valence-corrected chi connectivity index (χ2v) is 6.56. The lowest BCUT2D eigenvalue weighted by Gasteiger charge is -2.39. The van der Waals surface area contributed by atoms with Gasteiger partial charge in [0.25, 0.3) is 0 Å². The second kappa shape index (κ2) is 10.3. The fourth-order valence-corrected chi connectivity index (χ4v) is 2.86. The normalized spacial score (nSPS) is 17.3. The van der Waals surface area contributed by atoms with E-state index in [4.69, 9.17) is 0 Å². The second-order valence-electron chi connectivity index (χ2n) is 6.56. The highest BCUT2D eigenvalue weighted by Crippen LogP contribution is 2.25. The van der Waals surface area contributed by atoms with E-state index in [1.165, 1.54) is 11.8 Å². The van der Waals surface area contributed by atoms with Crippen molar-refractivity contribution in [3.05, 3.63) is 23.9 Å². The molecule has 0 radical (unpaired) electrons. The molecule has 27 heavy (non-hydrogen) atoms. The quantitative estimate of drug-likeness (QED) is 0.391. The molecule has 0 aliphatic carbocycles. The molecular formula is C17H28F3IN6. The largest absolute Gasteiger partial charge is 0.403 e. The summed E-state index contributed by atoms with van der Waals surface area (Å²) in [5.74, 6) is 1.57. The van der Waals surface area contributed by atoms with E-state index in [9.17, 15) is 13.2 Å². The maximum atomic E-state index is 12.9. The van der Waals surface area contributed by atoms with Crippen molar-refractivity contribution in [1.82, 2.24) is 20.1 Å². The van der Waals surface area contributed by atoms with Gasteiger partial charge in [0.05, 0.1) is 0 Å². The van der Waals surface area contributed by atoms with Gasteiger partial charge in [-0.3, -0.25) is 9.89 Å². The molecule has 0 aromatic carbocycles. The number of aliphatic imine (C=N–C) groups is 1. The summed E-state index contributed by atoms with van der Waals surface area (Å²) < 4.78 is 38.6. The number of aromatic nitrogens is 1. The van der Waals surface area contributed by atoms with Crippen molar-refractivity contribution in [2.45, 2.75) is 25.7 Å². The molecule has 154 valence electrons. The molecule has 1 aliphatic rings. The molecule has 1 saturated heterocycles. The number of hydrogen-bond donors (Lipinski definition) is 1. The van der Waals surface area contributed by atoms with Crippen molar-refractivity contribution in [2.24, 2.45) is 4.99 Å². The molecule has 1 aromatic heterocycles. The van der Waals surface area contributed by atoms with Crippen LogP contribution in [0.25, 0.3) is 0 Å². The molecule has 0 spiro atoms. The van der Waals surface area contributed by atoms with Crippen LogP contribution in [0.2, 0.25) is 0 Å². The number of alkyl halides is 3. The summed E-state index contributed by atoms with van der Waals surface area (Å²) in [5.41, 5.74) is 1.06. The van der Waals surface area contributed by atoms with Crippen LogP contribution >= 0.6 is 24.0 Å². The number of halogens is 4. The summed E-state index contributed by atoms with van der Waals surface area (Å²) in [6.07, 6.45) is -2.43. The third-order valence-corrected chi connectivity index (χ3v) is 4.57. The maximum Gasteiger partial charge on any atom is 0.403 e. The van der Waals surface area contributed by atoms with Crippen molar-refractivity contribution in [3.8, 4) is 0 Å². The van der Waals surface area contributed by atoms with E-state index in [0.29, 0.717) is 38.7 Å². The van der Waals surface area contributed by atoms with Crippen molar-refractivity contribution >= 4 is 35.8 Å². The Morgan fingerprint density at radius 1 is 1.30 bits per heavy atom. The van der Waals surface area contributed by atoms with Crippen LogP contribution in [0.4, 0.5) is 19.0 Å². The van der Waals surface area contributed by atoms with E-state index in [1.807, 2.05) is 36.0 Å². The Kier molecular flexibility index (Phi) is 9.06. The summed E-state index contributed by atoms with van der Waals surface area (Å²) in [7, 11) is 5.55. The minimum atomic E-state index is -4.19. The van der Waals surface area contributed by atoms with Gasteiger partial charge in [0.2, 0.25) is 0 Å². The SMILES string of the molecule is CN=C(NCc1ccnc(N(C)C)c1)N1CCN(C(C)C(F)(F)F)CC1.I. The van der Waals surface area contributed by atoms with Gasteiger partial charge in [-0.2, -0.15) is 13.2 Å². The van der Waals surface area contributed by atoms with Gasteiger partial charge >= 0.3 is 6.18 Å². The van der Waals surface area contributed by atoms with Crippen molar-refractivity contribution in [1.29, 1.82) is 0 Å². The Bertz CT molecular complexity index is 615. The third kappa shape index (κ3) is 6.66. The Morgan fingerprint density at radius 2 is 1.93 bits per heavy atom. The molecule has 2 rings (SSSR count). The van der Waals surface area contributed by atoms with Crippen LogP contribution in [0.1, 0.15) is 12.5 Å². The molecule has 1 aliphatic heterocycles. The van der Waals surface area contributed by atoms with Crippen LogP contribution < -0.4 is 10.2 Å². The number of pyridine rings is 1. The highest BCUT2D eigenvalue weighted by atomic mass is 127. The van der Waals surface area contributed by atoms with Crippen LogP contribution in [-0.4, -0.2) is 80.3 Å². The Labute approximate surface area is 175 Å². The number of guanidine groups is 1. The lowest BCUT2D eigenvalue weighted by Crippen LogP contribution is -2.56. The first-order valence-electron chi connectivity index (χ1n) is 8.61. The predicted molar refractivity (Wildman–Crippen MR) is 113 cm³/mol. The fraction of sp³-hybridized carbons (Fsp3) is 0.647.